The molecule has 3 heterocycles. The second kappa shape index (κ2) is 7.58. The Kier molecular flexibility index (Phi) is 5.00. The first-order valence-corrected chi connectivity index (χ1v) is 9.45. The normalized spacial score (nSPS) is 17.4. The lowest BCUT2D eigenvalue weighted by Gasteiger charge is -2.17. The number of rotatable bonds is 0. The average Bonchev–Trinajstić information content (AvgIpc) is 3.15. The summed E-state index contributed by atoms with van der Waals surface area (Å²) in [7, 11) is 0. The second-order valence-corrected chi connectivity index (χ2v) is 7.33. The molecule has 0 aliphatic carbocycles. The summed E-state index contributed by atoms with van der Waals surface area (Å²) in [6, 6.07) is 11.2. The summed E-state index contributed by atoms with van der Waals surface area (Å²) >= 11 is 3.43. The molecule has 1 N–H and O–H groups in total. The Morgan fingerprint density at radius 1 is 1.30 bits per heavy atom. The van der Waals surface area contributed by atoms with Gasteiger partial charge in [0.2, 0.25) is 0 Å². The molecule has 0 spiro atoms. The number of ether oxygens (including phenoxy) is 1. The van der Waals surface area contributed by atoms with Crippen LogP contribution in [0.3, 0.4) is 0 Å². The molecule has 0 fully saturated rings. The number of aromatic nitrogens is 4. The number of carbonyl (C=O) groups excluding carboxylic acids is 1. The smallest absolute Gasteiger partial charge is 0.257 e. The van der Waals surface area contributed by atoms with E-state index in [0.717, 1.165) is 16.5 Å². The molecule has 1 aromatic carbocycles. The van der Waals surface area contributed by atoms with E-state index in [4.69, 9.17) is 4.74 Å². The number of benzene rings is 1. The zero-order valence-corrected chi connectivity index (χ0v) is 16.3. The van der Waals surface area contributed by atoms with Crippen molar-refractivity contribution in [3.63, 3.8) is 0 Å². The highest BCUT2D eigenvalue weighted by atomic mass is 79.9. The Labute approximate surface area is 164 Å². The van der Waals surface area contributed by atoms with Gasteiger partial charge in [0, 0.05) is 22.7 Å². The van der Waals surface area contributed by atoms with Crippen molar-refractivity contribution < 1.29 is 9.53 Å². The number of halogens is 1. The molecule has 1 amide bonds. The number of hydrogen-bond donors (Lipinski definition) is 1. The Morgan fingerprint density at radius 3 is 3.07 bits per heavy atom. The molecule has 4 rings (SSSR count). The van der Waals surface area contributed by atoms with Crippen molar-refractivity contribution in [1.29, 1.82) is 0 Å². The van der Waals surface area contributed by atoms with Crippen LogP contribution in [0.1, 0.15) is 35.3 Å². The number of amides is 1. The van der Waals surface area contributed by atoms with Gasteiger partial charge in [0.05, 0.1) is 6.61 Å². The molecule has 0 saturated heterocycles. The highest BCUT2D eigenvalue weighted by Crippen LogP contribution is 2.24. The van der Waals surface area contributed by atoms with Crippen LogP contribution in [0, 0.1) is 0 Å². The molecule has 27 heavy (non-hydrogen) atoms. The van der Waals surface area contributed by atoms with Gasteiger partial charge in [0.25, 0.3) is 5.91 Å². The minimum Gasteiger partial charge on any atom is -0.377 e. The predicted octanol–water partition coefficient (Wildman–Crippen LogP) is 3.84. The molecule has 1 atom stereocenters. The molecule has 0 saturated carbocycles. The van der Waals surface area contributed by atoms with E-state index in [1.54, 1.807) is 18.5 Å². The SMILES string of the molecule is C[C@H]1CCOCc2ccc(Br)cc2C(=O)Nc2cccc(n2)-c2nncn21. The largest absolute Gasteiger partial charge is 0.377 e. The monoisotopic (exact) mass is 427 g/mol. The highest BCUT2D eigenvalue weighted by Gasteiger charge is 2.18. The minimum absolute atomic E-state index is 0.155. The number of carbonyl (C=O) groups is 1. The fourth-order valence-electron chi connectivity index (χ4n) is 3.02. The van der Waals surface area contributed by atoms with Gasteiger partial charge in [-0.3, -0.25) is 4.79 Å². The molecular weight excluding hydrogens is 410 g/mol. The number of pyridine rings is 1. The number of nitrogens with one attached hydrogen (secondary N) is 1. The molecule has 2 aromatic heterocycles. The quantitative estimate of drug-likeness (QED) is 0.589. The van der Waals surface area contributed by atoms with Crippen LogP contribution in [-0.4, -0.2) is 32.3 Å². The lowest BCUT2D eigenvalue weighted by atomic mass is 10.1. The van der Waals surface area contributed by atoms with E-state index in [1.807, 2.05) is 28.8 Å². The standard InChI is InChI=1S/C19H18BrN5O2/c1-12-7-8-27-10-13-5-6-14(20)9-15(13)19(26)23-17-4-2-3-16(22-17)18-24-21-11-25(12)18/h2-6,9,11-12H,7-8,10H2,1H3,(H,22,23,26)/t12-/m0/s1. The fraction of sp³-hybridized carbons (Fsp3) is 0.263. The summed E-state index contributed by atoms with van der Waals surface area (Å²) in [6.45, 7) is 3.02. The zero-order valence-electron chi connectivity index (χ0n) is 14.7. The van der Waals surface area contributed by atoms with Crippen LogP contribution < -0.4 is 5.32 Å². The number of fused-ring (bicyclic) bond motifs is 5. The molecule has 8 heteroatoms. The predicted molar refractivity (Wildman–Crippen MR) is 104 cm³/mol. The molecule has 2 bridgehead atoms. The van der Waals surface area contributed by atoms with Crippen molar-refractivity contribution >= 4 is 27.7 Å². The first kappa shape index (κ1) is 17.8. The summed E-state index contributed by atoms with van der Waals surface area (Å²) in [4.78, 5) is 17.4. The topological polar surface area (TPSA) is 81.9 Å². The Morgan fingerprint density at radius 2 is 2.19 bits per heavy atom. The van der Waals surface area contributed by atoms with Crippen LogP contribution in [0.2, 0.25) is 0 Å². The average molecular weight is 428 g/mol. The van der Waals surface area contributed by atoms with Crippen molar-refractivity contribution in [1.82, 2.24) is 19.7 Å². The Hall–Kier alpha value is -2.58. The van der Waals surface area contributed by atoms with E-state index in [9.17, 15) is 4.79 Å². The van der Waals surface area contributed by atoms with Crippen LogP contribution >= 0.6 is 15.9 Å². The fourth-order valence-corrected chi connectivity index (χ4v) is 3.38. The second-order valence-electron chi connectivity index (χ2n) is 6.42. The maximum atomic E-state index is 12.8. The first-order valence-electron chi connectivity index (χ1n) is 8.66. The lowest BCUT2D eigenvalue weighted by Crippen LogP contribution is -2.17. The Balaban J connectivity index is 1.77. The van der Waals surface area contributed by atoms with Crippen molar-refractivity contribution in [2.45, 2.75) is 26.0 Å². The minimum atomic E-state index is -0.230. The van der Waals surface area contributed by atoms with Gasteiger partial charge in [0.15, 0.2) is 5.82 Å². The molecule has 138 valence electrons. The van der Waals surface area contributed by atoms with Gasteiger partial charge in [-0.1, -0.05) is 28.1 Å². The van der Waals surface area contributed by atoms with Crippen molar-refractivity contribution in [3.05, 3.63) is 58.3 Å². The first-order chi connectivity index (χ1) is 13.1. The number of hydrogen-bond acceptors (Lipinski definition) is 5. The number of anilines is 1. The molecular formula is C19H18BrN5O2. The molecule has 1 aliphatic rings. The van der Waals surface area contributed by atoms with Crippen LogP contribution in [-0.2, 0) is 11.3 Å². The van der Waals surface area contributed by atoms with Gasteiger partial charge in [-0.2, -0.15) is 0 Å². The zero-order chi connectivity index (χ0) is 18.8. The van der Waals surface area contributed by atoms with Gasteiger partial charge in [-0.25, -0.2) is 4.98 Å². The maximum Gasteiger partial charge on any atom is 0.257 e. The van der Waals surface area contributed by atoms with Crippen molar-refractivity contribution in [2.24, 2.45) is 0 Å². The summed E-state index contributed by atoms with van der Waals surface area (Å²) < 4.78 is 8.66. The third-order valence-electron chi connectivity index (χ3n) is 4.52. The van der Waals surface area contributed by atoms with Crippen molar-refractivity contribution in [3.8, 4) is 11.5 Å². The van der Waals surface area contributed by atoms with E-state index in [1.165, 1.54) is 0 Å². The van der Waals surface area contributed by atoms with E-state index in [0.29, 0.717) is 36.1 Å². The van der Waals surface area contributed by atoms with E-state index in [2.05, 4.69) is 43.4 Å². The third kappa shape index (κ3) is 3.77. The van der Waals surface area contributed by atoms with Gasteiger partial charge in [-0.05, 0) is 43.2 Å². The van der Waals surface area contributed by atoms with Gasteiger partial charge < -0.3 is 14.6 Å². The molecule has 0 radical (unpaired) electrons. The van der Waals surface area contributed by atoms with Crippen LogP contribution in [0.25, 0.3) is 11.5 Å². The maximum absolute atomic E-state index is 12.8. The highest BCUT2D eigenvalue weighted by molar-refractivity contribution is 9.10. The van der Waals surface area contributed by atoms with E-state index >= 15 is 0 Å². The van der Waals surface area contributed by atoms with Crippen LogP contribution in [0.15, 0.2) is 47.2 Å². The van der Waals surface area contributed by atoms with Crippen LogP contribution in [0.5, 0.6) is 0 Å². The summed E-state index contributed by atoms with van der Waals surface area (Å²) in [5.41, 5.74) is 2.05. The van der Waals surface area contributed by atoms with Gasteiger partial charge in [-0.15, -0.1) is 10.2 Å². The van der Waals surface area contributed by atoms with Gasteiger partial charge >= 0.3 is 0 Å². The molecule has 1 aliphatic heterocycles. The number of nitrogens with zero attached hydrogens (tertiary/aromatic N) is 4. The molecule has 3 aromatic rings. The van der Waals surface area contributed by atoms with E-state index < -0.39 is 0 Å². The molecule has 0 unspecified atom stereocenters. The summed E-state index contributed by atoms with van der Waals surface area (Å²) in [6.07, 6.45) is 2.49. The van der Waals surface area contributed by atoms with Crippen LogP contribution in [0.4, 0.5) is 5.82 Å². The molecule has 7 nitrogen and oxygen atoms in total. The third-order valence-corrected chi connectivity index (χ3v) is 5.02. The Bertz CT molecular complexity index is 988. The summed E-state index contributed by atoms with van der Waals surface area (Å²) in [5, 5.41) is 11.1. The summed E-state index contributed by atoms with van der Waals surface area (Å²) in [5.74, 6) is 0.897. The van der Waals surface area contributed by atoms with Crippen molar-refractivity contribution in [2.75, 3.05) is 11.9 Å². The van der Waals surface area contributed by atoms with E-state index in [-0.39, 0.29) is 11.9 Å². The lowest BCUT2D eigenvalue weighted by molar-refractivity contribution is 0.0990. The van der Waals surface area contributed by atoms with Gasteiger partial charge in [0.1, 0.15) is 17.8 Å².